The van der Waals surface area contributed by atoms with Crippen LogP contribution in [0.4, 0.5) is 0 Å². The average molecular weight is 240 g/mol. The van der Waals surface area contributed by atoms with Crippen molar-refractivity contribution in [3.63, 3.8) is 0 Å². The summed E-state index contributed by atoms with van der Waals surface area (Å²) < 4.78 is 2.07. The summed E-state index contributed by atoms with van der Waals surface area (Å²) in [4.78, 5) is 4.43. The van der Waals surface area contributed by atoms with Gasteiger partial charge in [-0.05, 0) is 25.8 Å². The first kappa shape index (κ1) is 11.2. The molecular weight excluding hydrogens is 224 g/mol. The Balaban J connectivity index is 2.10. The summed E-state index contributed by atoms with van der Waals surface area (Å²) in [6.07, 6.45) is 7.92. The number of nitriles is 1. The first-order valence-electron chi connectivity index (χ1n) is 6.54. The Bertz CT molecular complexity index is 614. The summed E-state index contributed by atoms with van der Waals surface area (Å²) in [5, 5.41) is 14.6. The van der Waals surface area contributed by atoms with Crippen LogP contribution in [0.25, 0.3) is 11.0 Å². The van der Waals surface area contributed by atoms with E-state index in [4.69, 9.17) is 5.26 Å². The molecule has 2 aromatic rings. The third kappa shape index (κ3) is 1.76. The van der Waals surface area contributed by atoms with Crippen LogP contribution in [0.3, 0.4) is 0 Å². The minimum atomic E-state index is 0.482. The van der Waals surface area contributed by atoms with Gasteiger partial charge in [0.15, 0.2) is 5.65 Å². The first-order valence-corrected chi connectivity index (χ1v) is 6.54. The topological polar surface area (TPSA) is 54.5 Å². The molecule has 0 N–H and O–H groups in total. The Kier molecular flexibility index (Phi) is 2.75. The Morgan fingerprint density at radius 1 is 1.33 bits per heavy atom. The zero-order valence-electron chi connectivity index (χ0n) is 10.6. The van der Waals surface area contributed by atoms with E-state index in [2.05, 4.69) is 20.8 Å². The van der Waals surface area contributed by atoms with Crippen molar-refractivity contribution in [1.29, 1.82) is 5.26 Å². The zero-order valence-corrected chi connectivity index (χ0v) is 10.6. The molecule has 1 aliphatic rings. The lowest BCUT2D eigenvalue weighted by atomic mass is 9.96. The van der Waals surface area contributed by atoms with Crippen molar-refractivity contribution >= 4 is 11.0 Å². The number of aryl methyl sites for hydroxylation is 1. The van der Waals surface area contributed by atoms with Crippen molar-refractivity contribution in [1.82, 2.24) is 14.8 Å². The van der Waals surface area contributed by atoms with Crippen LogP contribution in [-0.4, -0.2) is 14.8 Å². The van der Waals surface area contributed by atoms with E-state index < -0.39 is 0 Å². The van der Waals surface area contributed by atoms with Gasteiger partial charge in [0.25, 0.3) is 0 Å². The molecule has 18 heavy (non-hydrogen) atoms. The third-order valence-corrected chi connectivity index (χ3v) is 3.78. The van der Waals surface area contributed by atoms with Gasteiger partial charge in [-0.25, -0.2) is 9.67 Å². The van der Waals surface area contributed by atoms with Gasteiger partial charge < -0.3 is 0 Å². The lowest BCUT2D eigenvalue weighted by molar-refractivity contribution is 0.335. The molecule has 0 aliphatic heterocycles. The van der Waals surface area contributed by atoms with Crippen LogP contribution in [0.1, 0.15) is 49.4 Å². The van der Waals surface area contributed by atoms with Crippen LogP contribution in [0.15, 0.2) is 12.3 Å². The van der Waals surface area contributed by atoms with Crippen molar-refractivity contribution in [3.05, 3.63) is 23.5 Å². The maximum Gasteiger partial charge on any atom is 0.158 e. The highest BCUT2D eigenvalue weighted by Gasteiger charge is 2.20. The van der Waals surface area contributed by atoms with Gasteiger partial charge in [0, 0.05) is 11.6 Å². The maximum atomic E-state index is 8.93. The molecule has 2 aromatic heterocycles. The molecule has 3 rings (SSSR count). The quantitative estimate of drug-likeness (QED) is 0.769. The summed E-state index contributed by atoms with van der Waals surface area (Å²) in [5.74, 6) is 0. The van der Waals surface area contributed by atoms with E-state index >= 15 is 0 Å². The van der Waals surface area contributed by atoms with Crippen LogP contribution in [0, 0.1) is 18.3 Å². The smallest absolute Gasteiger partial charge is 0.158 e. The number of aromatic nitrogens is 3. The second-order valence-electron chi connectivity index (χ2n) is 5.03. The van der Waals surface area contributed by atoms with E-state index in [1.165, 1.54) is 32.1 Å². The standard InChI is InChI=1S/C14H16N4/c1-10-13-7-11(8-15)9-16-14(13)18(17-10)12-5-3-2-4-6-12/h7,9,12H,2-6H2,1H3. The molecule has 0 aromatic carbocycles. The zero-order chi connectivity index (χ0) is 12.5. The van der Waals surface area contributed by atoms with Gasteiger partial charge in [-0.1, -0.05) is 19.3 Å². The van der Waals surface area contributed by atoms with Gasteiger partial charge in [0.1, 0.15) is 6.07 Å². The van der Waals surface area contributed by atoms with Gasteiger partial charge in [-0.15, -0.1) is 0 Å². The summed E-state index contributed by atoms with van der Waals surface area (Å²) >= 11 is 0. The first-order chi connectivity index (χ1) is 8.79. The molecule has 1 fully saturated rings. The summed E-state index contributed by atoms with van der Waals surface area (Å²) in [6, 6.07) is 4.51. The number of nitrogens with zero attached hydrogens (tertiary/aromatic N) is 4. The van der Waals surface area contributed by atoms with Crippen LogP contribution in [0.2, 0.25) is 0 Å². The lowest BCUT2D eigenvalue weighted by Gasteiger charge is -2.22. The second-order valence-corrected chi connectivity index (χ2v) is 5.03. The van der Waals surface area contributed by atoms with E-state index in [0.717, 1.165) is 16.7 Å². The highest BCUT2D eigenvalue weighted by atomic mass is 15.3. The highest BCUT2D eigenvalue weighted by molar-refractivity contribution is 5.79. The summed E-state index contributed by atoms with van der Waals surface area (Å²) in [6.45, 7) is 1.99. The molecule has 0 saturated heterocycles. The van der Waals surface area contributed by atoms with Crippen molar-refractivity contribution < 1.29 is 0 Å². The molecule has 4 nitrogen and oxygen atoms in total. The fourth-order valence-corrected chi connectivity index (χ4v) is 2.81. The van der Waals surface area contributed by atoms with E-state index in [0.29, 0.717) is 11.6 Å². The molecule has 0 amide bonds. The average Bonchev–Trinajstić information content (AvgIpc) is 2.77. The van der Waals surface area contributed by atoms with Crippen LogP contribution >= 0.6 is 0 Å². The molecule has 0 bridgehead atoms. The molecule has 0 unspecified atom stereocenters. The molecule has 0 spiro atoms. The Morgan fingerprint density at radius 2 is 2.11 bits per heavy atom. The molecule has 92 valence electrons. The molecule has 0 atom stereocenters. The predicted octanol–water partition coefficient (Wildman–Crippen LogP) is 3.12. The van der Waals surface area contributed by atoms with Gasteiger partial charge in [0.05, 0.1) is 17.3 Å². The number of rotatable bonds is 1. The third-order valence-electron chi connectivity index (χ3n) is 3.78. The minimum absolute atomic E-state index is 0.482. The SMILES string of the molecule is Cc1nn(C2CCCCC2)c2ncc(C#N)cc12. The Labute approximate surface area is 106 Å². The van der Waals surface area contributed by atoms with E-state index in [1.54, 1.807) is 6.20 Å². The molecule has 1 aliphatic carbocycles. The number of fused-ring (bicyclic) bond motifs is 1. The van der Waals surface area contributed by atoms with Crippen molar-refractivity contribution in [2.24, 2.45) is 0 Å². The lowest BCUT2D eigenvalue weighted by Crippen LogP contribution is -2.14. The summed E-state index contributed by atoms with van der Waals surface area (Å²) in [7, 11) is 0. The molecular formula is C14H16N4. The van der Waals surface area contributed by atoms with E-state index in [9.17, 15) is 0 Å². The monoisotopic (exact) mass is 240 g/mol. The second kappa shape index (κ2) is 4.41. The Morgan fingerprint density at radius 3 is 2.83 bits per heavy atom. The van der Waals surface area contributed by atoms with Crippen molar-refractivity contribution in [3.8, 4) is 6.07 Å². The molecule has 2 heterocycles. The summed E-state index contributed by atoms with van der Waals surface area (Å²) in [5.41, 5.74) is 2.51. The van der Waals surface area contributed by atoms with Crippen molar-refractivity contribution in [2.75, 3.05) is 0 Å². The minimum Gasteiger partial charge on any atom is -0.244 e. The highest BCUT2D eigenvalue weighted by Crippen LogP contribution is 2.30. The van der Waals surface area contributed by atoms with Gasteiger partial charge in [-0.2, -0.15) is 10.4 Å². The van der Waals surface area contributed by atoms with Crippen LogP contribution < -0.4 is 0 Å². The Hall–Kier alpha value is -1.89. The number of hydrogen-bond donors (Lipinski definition) is 0. The van der Waals surface area contributed by atoms with Crippen molar-refractivity contribution in [2.45, 2.75) is 45.1 Å². The van der Waals surface area contributed by atoms with E-state index in [-0.39, 0.29) is 0 Å². The van der Waals surface area contributed by atoms with Gasteiger partial charge >= 0.3 is 0 Å². The molecule has 4 heteroatoms. The van der Waals surface area contributed by atoms with E-state index in [1.807, 2.05) is 13.0 Å². The fraction of sp³-hybridized carbons (Fsp3) is 0.500. The maximum absolute atomic E-state index is 8.93. The fourth-order valence-electron chi connectivity index (χ4n) is 2.81. The molecule has 1 saturated carbocycles. The molecule has 0 radical (unpaired) electrons. The number of hydrogen-bond acceptors (Lipinski definition) is 3. The van der Waals surface area contributed by atoms with Gasteiger partial charge in [-0.3, -0.25) is 0 Å². The van der Waals surface area contributed by atoms with Gasteiger partial charge in [0.2, 0.25) is 0 Å². The number of pyridine rings is 1. The van der Waals surface area contributed by atoms with Crippen LogP contribution in [-0.2, 0) is 0 Å². The predicted molar refractivity (Wildman–Crippen MR) is 69.1 cm³/mol. The van der Waals surface area contributed by atoms with Crippen LogP contribution in [0.5, 0.6) is 0 Å². The normalized spacial score (nSPS) is 16.9. The largest absolute Gasteiger partial charge is 0.244 e.